The van der Waals surface area contributed by atoms with Gasteiger partial charge in [0.25, 0.3) is 0 Å². The summed E-state index contributed by atoms with van der Waals surface area (Å²) < 4.78 is 50.5. The van der Waals surface area contributed by atoms with Gasteiger partial charge in [-0.2, -0.15) is 13.2 Å². The maximum Gasteiger partial charge on any atom is 0.416 e. The standard InChI is InChI=1S/C12H14F4N2/c13-10-5-9(12(14,15)16)1-2-11(10)18-7-8-3-4-17-6-8/h1-2,5,8,17-18H,3-4,6-7H2. The van der Waals surface area contributed by atoms with Crippen molar-refractivity contribution in [1.29, 1.82) is 0 Å². The molecule has 2 nitrogen and oxygen atoms in total. The molecular weight excluding hydrogens is 248 g/mol. The Morgan fingerprint density at radius 3 is 2.67 bits per heavy atom. The molecule has 1 heterocycles. The average Bonchev–Trinajstić information content (AvgIpc) is 2.79. The fourth-order valence-electron chi connectivity index (χ4n) is 1.98. The number of nitrogens with one attached hydrogen (secondary N) is 2. The van der Waals surface area contributed by atoms with Crippen LogP contribution in [0.1, 0.15) is 12.0 Å². The van der Waals surface area contributed by atoms with Gasteiger partial charge >= 0.3 is 6.18 Å². The normalized spacial score (nSPS) is 20.1. The van der Waals surface area contributed by atoms with Crippen LogP contribution in [0.3, 0.4) is 0 Å². The molecule has 1 fully saturated rings. The lowest BCUT2D eigenvalue weighted by molar-refractivity contribution is -0.137. The molecule has 0 aliphatic carbocycles. The Morgan fingerprint density at radius 1 is 1.33 bits per heavy atom. The zero-order valence-electron chi connectivity index (χ0n) is 9.65. The van der Waals surface area contributed by atoms with E-state index in [1.54, 1.807) is 0 Å². The van der Waals surface area contributed by atoms with Crippen LogP contribution in [0.15, 0.2) is 18.2 Å². The van der Waals surface area contributed by atoms with E-state index in [1.165, 1.54) is 0 Å². The molecular formula is C12H14F4N2. The smallest absolute Gasteiger partial charge is 0.382 e. The molecule has 1 atom stereocenters. The van der Waals surface area contributed by atoms with E-state index in [9.17, 15) is 17.6 Å². The summed E-state index contributed by atoms with van der Waals surface area (Å²) in [5.74, 6) is -0.470. The van der Waals surface area contributed by atoms with Crippen LogP contribution in [0.4, 0.5) is 23.2 Å². The lowest BCUT2D eigenvalue weighted by Gasteiger charge is -2.13. The zero-order chi connectivity index (χ0) is 13.2. The lowest BCUT2D eigenvalue weighted by atomic mass is 10.1. The molecule has 2 N–H and O–H groups in total. The van der Waals surface area contributed by atoms with Gasteiger partial charge in [-0.3, -0.25) is 0 Å². The minimum absolute atomic E-state index is 0.120. The number of benzene rings is 1. The highest BCUT2D eigenvalue weighted by molar-refractivity contribution is 5.46. The van der Waals surface area contributed by atoms with Crippen molar-refractivity contribution in [1.82, 2.24) is 5.32 Å². The molecule has 1 aliphatic heterocycles. The van der Waals surface area contributed by atoms with Gasteiger partial charge in [0.15, 0.2) is 0 Å². The van der Waals surface area contributed by atoms with E-state index >= 15 is 0 Å². The van der Waals surface area contributed by atoms with E-state index in [2.05, 4.69) is 10.6 Å². The summed E-state index contributed by atoms with van der Waals surface area (Å²) in [6.07, 6.45) is -3.51. The van der Waals surface area contributed by atoms with Crippen LogP contribution in [0.2, 0.25) is 0 Å². The van der Waals surface area contributed by atoms with E-state index in [0.29, 0.717) is 18.5 Å². The average molecular weight is 262 g/mol. The molecule has 6 heteroatoms. The first kappa shape index (κ1) is 13.1. The predicted molar refractivity (Wildman–Crippen MR) is 60.9 cm³/mol. The summed E-state index contributed by atoms with van der Waals surface area (Å²) in [6.45, 7) is 2.35. The minimum Gasteiger partial charge on any atom is -0.382 e. The van der Waals surface area contributed by atoms with Crippen LogP contribution in [0, 0.1) is 11.7 Å². The minimum atomic E-state index is -4.51. The molecule has 2 rings (SSSR count). The third-order valence-corrected chi connectivity index (χ3v) is 3.04. The third-order valence-electron chi connectivity index (χ3n) is 3.04. The molecule has 18 heavy (non-hydrogen) atoms. The predicted octanol–water partition coefficient (Wildman–Crippen LogP) is 2.87. The molecule has 0 amide bonds. The maximum absolute atomic E-state index is 13.5. The van der Waals surface area contributed by atoms with E-state index in [0.717, 1.165) is 31.6 Å². The molecule has 1 aliphatic rings. The molecule has 1 saturated heterocycles. The van der Waals surface area contributed by atoms with Crippen LogP contribution in [0.5, 0.6) is 0 Å². The van der Waals surface area contributed by atoms with E-state index < -0.39 is 17.6 Å². The highest BCUT2D eigenvalue weighted by Crippen LogP contribution is 2.31. The lowest BCUT2D eigenvalue weighted by Crippen LogP contribution is -2.18. The van der Waals surface area contributed by atoms with Gasteiger partial charge in [0.2, 0.25) is 0 Å². The van der Waals surface area contributed by atoms with Crippen molar-refractivity contribution in [2.75, 3.05) is 25.0 Å². The van der Waals surface area contributed by atoms with E-state index in [4.69, 9.17) is 0 Å². The summed E-state index contributed by atoms with van der Waals surface area (Å²) in [5.41, 5.74) is -0.844. The molecule has 0 aromatic heterocycles. The molecule has 0 spiro atoms. The fraction of sp³-hybridized carbons (Fsp3) is 0.500. The van der Waals surface area contributed by atoms with Crippen LogP contribution >= 0.6 is 0 Å². The Kier molecular flexibility index (Phi) is 3.75. The SMILES string of the molecule is Fc1cc(C(F)(F)F)ccc1NCC1CCNC1. The van der Waals surface area contributed by atoms with Crippen LogP contribution in [0.25, 0.3) is 0 Å². The first-order valence-electron chi connectivity index (χ1n) is 5.78. The van der Waals surface area contributed by atoms with Gasteiger partial charge in [-0.15, -0.1) is 0 Å². The van der Waals surface area contributed by atoms with Crippen LogP contribution < -0.4 is 10.6 Å². The number of alkyl halides is 3. The molecule has 0 saturated carbocycles. The van der Waals surface area contributed by atoms with E-state index in [1.807, 2.05) is 0 Å². The van der Waals surface area contributed by atoms with Crippen molar-refractivity contribution in [3.8, 4) is 0 Å². The van der Waals surface area contributed by atoms with Crippen molar-refractivity contribution in [2.24, 2.45) is 5.92 Å². The molecule has 0 radical (unpaired) electrons. The Labute approximate surface area is 102 Å². The van der Waals surface area contributed by atoms with Crippen molar-refractivity contribution < 1.29 is 17.6 Å². The number of hydrogen-bond acceptors (Lipinski definition) is 2. The van der Waals surface area contributed by atoms with Crippen molar-refractivity contribution in [3.05, 3.63) is 29.6 Å². The monoisotopic (exact) mass is 262 g/mol. The van der Waals surface area contributed by atoms with Gasteiger partial charge in [0.05, 0.1) is 11.3 Å². The maximum atomic E-state index is 13.5. The van der Waals surface area contributed by atoms with Crippen molar-refractivity contribution in [3.63, 3.8) is 0 Å². The quantitative estimate of drug-likeness (QED) is 0.818. The highest BCUT2D eigenvalue weighted by atomic mass is 19.4. The van der Waals surface area contributed by atoms with Crippen molar-refractivity contribution in [2.45, 2.75) is 12.6 Å². The second kappa shape index (κ2) is 5.14. The van der Waals surface area contributed by atoms with Gasteiger partial charge in [0, 0.05) is 6.54 Å². The van der Waals surface area contributed by atoms with Gasteiger partial charge in [-0.25, -0.2) is 4.39 Å². The Hall–Kier alpha value is -1.30. The van der Waals surface area contributed by atoms with Crippen LogP contribution in [-0.2, 0) is 6.18 Å². The second-order valence-corrected chi connectivity index (χ2v) is 4.43. The Balaban J connectivity index is 2.01. The summed E-state index contributed by atoms with van der Waals surface area (Å²) in [7, 11) is 0. The molecule has 100 valence electrons. The third kappa shape index (κ3) is 3.13. The molecule has 0 bridgehead atoms. The van der Waals surface area contributed by atoms with Gasteiger partial charge in [-0.1, -0.05) is 0 Å². The first-order valence-corrected chi connectivity index (χ1v) is 5.78. The second-order valence-electron chi connectivity index (χ2n) is 4.43. The largest absolute Gasteiger partial charge is 0.416 e. The van der Waals surface area contributed by atoms with Crippen LogP contribution in [-0.4, -0.2) is 19.6 Å². The van der Waals surface area contributed by atoms with E-state index in [-0.39, 0.29) is 5.69 Å². The topological polar surface area (TPSA) is 24.1 Å². The number of anilines is 1. The Bertz CT molecular complexity index is 411. The molecule has 1 aromatic rings. The fourth-order valence-corrected chi connectivity index (χ4v) is 1.98. The summed E-state index contributed by atoms with van der Waals surface area (Å²) in [4.78, 5) is 0. The Morgan fingerprint density at radius 2 is 2.11 bits per heavy atom. The summed E-state index contributed by atoms with van der Waals surface area (Å²) >= 11 is 0. The highest BCUT2D eigenvalue weighted by Gasteiger charge is 2.31. The number of halogens is 4. The van der Waals surface area contributed by atoms with Gasteiger partial charge in [-0.05, 0) is 43.6 Å². The zero-order valence-corrected chi connectivity index (χ0v) is 9.65. The number of hydrogen-bond donors (Lipinski definition) is 2. The van der Waals surface area contributed by atoms with Crippen molar-refractivity contribution >= 4 is 5.69 Å². The summed E-state index contributed by atoms with van der Waals surface area (Å²) in [6, 6.07) is 2.55. The molecule has 1 unspecified atom stereocenters. The first-order chi connectivity index (χ1) is 8.47. The number of rotatable bonds is 3. The van der Waals surface area contributed by atoms with Gasteiger partial charge < -0.3 is 10.6 Å². The molecule has 1 aromatic carbocycles. The summed E-state index contributed by atoms with van der Waals surface area (Å²) in [5, 5.41) is 6.02. The van der Waals surface area contributed by atoms with Gasteiger partial charge in [0.1, 0.15) is 5.82 Å².